The lowest BCUT2D eigenvalue weighted by Crippen LogP contribution is -2.45. The minimum Gasteiger partial charge on any atom is -0.481 e. The lowest BCUT2D eigenvalue weighted by Gasteiger charge is -2.28. The van der Waals surface area contributed by atoms with Crippen LogP contribution in [0.2, 0.25) is 0 Å². The summed E-state index contributed by atoms with van der Waals surface area (Å²) in [5.41, 5.74) is 0. The molecule has 104 valence electrons. The number of carboxylic acids is 2. The van der Waals surface area contributed by atoms with E-state index in [1.807, 2.05) is 6.92 Å². The summed E-state index contributed by atoms with van der Waals surface area (Å²) >= 11 is 0. The number of carbonyl (C=O) groups is 3. The predicted octanol–water partition coefficient (Wildman–Crippen LogP) is 1.34. The second-order valence-electron chi connectivity index (χ2n) is 4.08. The number of unbranched alkanes of at least 4 members (excludes halogenated alkanes) is 1. The Morgan fingerprint density at radius 1 is 1.17 bits per heavy atom. The van der Waals surface area contributed by atoms with Crippen molar-refractivity contribution in [3.05, 3.63) is 0 Å². The van der Waals surface area contributed by atoms with Crippen LogP contribution in [0.1, 0.15) is 46.0 Å². The molecule has 0 rings (SSSR count). The third kappa shape index (κ3) is 5.65. The normalized spacial score (nSPS) is 11.9. The van der Waals surface area contributed by atoms with Gasteiger partial charge in [0.1, 0.15) is 6.04 Å². The topological polar surface area (TPSA) is 94.9 Å². The molecule has 0 fully saturated rings. The van der Waals surface area contributed by atoms with Gasteiger partial charge in [0.15, 0.2) is 0 Å². The minimum absolute atomic E-state index is 0.0529. The molecule has 18 heavy (non-hydrogen) atoms. The molecule has 0 aliphatic rings. The van der Waals surface area contributed by atoms with Gasteiger partial charge in [-0.1, -0.05) is 26.7 Å². The fourth-order valence-electron chi connectivity index (χ4n) is 1.68. The first-order valence-corrected chi connectivity index (χ1v) is 6.18. The summed E-state index contributed by atoms with van der Waals surface area (Å²) in [4.78, 5) is 34.6. The SMILES string of the molecule is CCCCC(C(=O)O)N(CCC(=O)O)C(=O)CC. The van der Waals surface area contributed by atoms with Crippen LogP contribution in [0.25, 0.3) is 0 Å². The monoisotopic (exact) mass is 259 g/mol. The summed E-state index contributed by atoms with van der Waals surface area (Å²) in [6.07, 6.45) is 1.82. The van der Waals surface area contributed by atoms with Gasteiger partial charge >= 0.3 is 11.9 Å². The first kappa shape index (κ1) is 16.4. The molecule has 1 amide bonds. The number of hydrogen-bond donors (Lipinski definition) is 2. The molecule has 1 unspecified atom stereocenters. The lowest BCUT2D eigenvalue weighted by molar-refractivity contribution is -0.151. The largest absolute Gasteiger partial charge is 0.481 e. The zero-order chi connectivity index (χ0) is 14.1. The van der Waals surface area contributed by atoms with Gasteiger partial charge in [-0.05, 0) is 6.42 Å². The Kier molecular flexibility index (Phi) is 7.74. The molecule has 0 heterocycles. The van der Waals surface area contributed by atoms with Gasteiger partial charge in [-0.2, -0.15) is 0 Å². The molecule has 0 bridgehead atoms. The lowest BCUT2D eigenvalue weighted by atomic mass is 10.1. The van der Waals surface area contributed by atoms with Crippen molar-refractivity contribution in [3.63, 3.8) is 0 Å². The Morgan fingerprint density at radius 2 is 1.78 bits per heavy atom. The summed E-state index contributed by atoms with van der Waals surface area (Å²) in [5.74, 6) is -2.43. The summed E-state index contributed by atoms with van der Waals surface area (Å²) < 4.78 is 0. The Labute approximate surface area is 107 Å². The van der Waals surface area contributed by atoms with E-state index >= 15 is 0 Å². The van der Waals surface area contributed by atoms with E-state index in [9.17, 15) is 14.4 Å². The molecule has 0 saturated carbocycles. The second-order valence-corrected chi connectivity index (χ2v) is 4.08. The zero-order valence-corrected chi connectivity index (χ0v) is 10.9. The molecule has 0 aromatic heterocycles. The van der Waals surface area contributed by atoms with Gasteiger partial charge in [0, 0.05) is 13.0 Å². The highest BCUT2D eigenvalue weighted by Gasteiger charge is 2.28. The molecule has 6 heteroatoms. The second kappa shape index (κ2) is 8.49. The Morgan fingerprint density at radius 3 is 2.17 bits per heavy atom. The summed E-state index contributed by atoms with van der Waals surface area (Å²) in [6, 6.07) is -0.920. The Balaban J connectivity index is 4.79. The molecular formula is C12H21NO5. The van der Waals surface area contributed by atoms with Gasteiger partial charge in [-0.25, -0.2) is 4.79 Å². The van der Waals surface area contributed by atoms with Crippen LogP contribution in [0.5, 0.6) is 0 Å². The van der Waals surface area contributed by atoms with Crippen molar-refractivity contribution in [1.82, 2.24) is 4.90 Å². The van der Waals surface area contributed by atoms with E-state index < -0.39 is 18.0 Å². The standard InChI is InChI=1S/C12H21NO5/c1-3-5-6-9(12(17)18)13(10(14)4-2)8-7-11(15)16/h9H,3-8H2,1-2H3,(H,15,16)(H,17,18). The molecule has 0 aromatic rings. The van der Waals surface area contributed by atoms with E-state index in [0.717, 1.165) is 6.42 Å². The molecule has 6 nitrogen and oxygen atoms in total. The third-order valence-corrected chi connectivity index (χ3v) is 2.68. The minimum atomic E-state index is -1.07. The average Bonchev–Trinajstić information content (AvgIpc) is 2.31. The number of amides is 1. The number of hydrogen-bond acceptors (Lipinski definition) is 3. The molecule has 0 aliphatic heterocycles. The van der Waals surface area contributed by atoms with E-state index in [2.05, 4.69) is 0 Å². The van der Waals surface area contributed by atoms with Crippen LogP contribution in [-0.2, 0) is 14.4 Å². The van der Waals surface area contributed by atoms with Crippen LogP contribution in [-0.4, -0.2) is 45.5 Å². The third-order valence-electron chi connectivity index (χ3n) is 2.68. The summed E-state index contributed by atoms with van der Waals surface area (Å²) in [6.45, 7) is 3.51. The smallest absolute Gasteiger partial charge is 0.326 e. The van der Waals surface area contributed by atoms with Gasteiger partial charge in [0.05, 0.1) is 6.42 Å². The van der Waals surface area contributed by atoms with E-state index in [0.29, 0.717) is 12.8 Å². The Bertz CT molecular complexity index is 303. The molecule has 2 N–H and O–H groups in total. The van der Waals surface area contributed by atoms with Crippen molar-refractivity contribution in [2.24, 2.45) is 0 Å². The molecule has 0 aromatic carbocycles. The van der Waals surface area contributed by atoms with Crippen molar-refractivity contribution in [1.29, 1.82) is 0 Å². The molecule has 0 radical (unpaired) electrons. The maximum atomic E-state index is 11.7. The quantitative estimate of drug-likeness (QED) is 0.651. The van der Waals surface area contributed by atoms with Crippen molar-refractivity contribution in [2.45, 2.75) is 52.0 Å². The maximum Gasteiger partial charge on any atom is 0.326 e. The number of carboxylic acid groups (broad SMARTS) is 2. The van der Waals surface area contributed by atoms with Crippen LogP contribution >= 0.6 is 0 Å². The van der Waals surface area contributed by atoms with Crippen molar-refractivity contribution >= 4 is 17.8 Å². The van der Waals surface area contributed by atoms with Crippen LogP contribution in [0, 0.1) is 0 Å². The van der Waals surface area contributed by atoms with Crippen LogP contribution in [0.15, 0.2) is 0 Å². The molecule has 1 atom stereocenters. The first-order chi connectivity index (χ1) is 8.43. The average molecular weight is 259 g/mol. The van der Waals surface area contributed by atoms with Gasteiger partial charge in [0.2, 0.25) is 5.91 Å². The first-order valence-electron chi connectivity index (χ1n) is 6.18. The van der Waals surface area contributed by atoms with E-state index in [1.165, 1.54) is 4.90 Å². The number of nitrogens with zero attached hydrogens (tertiary/aromatic N) is 1. The summed E-state index contributed by atoms with van der Waals surface area (Å²) in [7, 11) is 0. The molecule has 0 aliphatic carbocycles. The zero-order valence-electron chi connectivity index (χ0n) is 10.9. The van der Waals surface area contributed by atoms with Crippen molar-refractivity contribution in [2.75, 3.05) is 6.54 Å². The number of carbonyl (C=O) groups excluding carboxylic acids is 1. The highest BCUT2D eigenvalue weighted by Crippen LogP contribution is 2.12. The van der Waals surface area contributed by atoms with E-state index in [4.69, 9.17) is 10.2 Å². The van der Waals surface area contributed by atoms with Crippen LogP contribution in [0.4, 0.5) is 0 Å². The summed E-state index contributed by atoms with van der Waals surface area (Å²) in [5, 5.41) is 17.8. The maximum absolute atomic E-state index is 11.7. The highest BCUT2D eigenvalue weighted by atomic mass is 16.4. The Hall–Kier alpha value is -1.59. The van der Waals surface area contributed by atoms with Gasteiger partial charge in [-0.15, -0.1) is 0 Å². The van der Waals surface area contributed by atoms with Crippen LogP contribution in [0.3, 0.4) is 0 Å². The molecular weight excluding hydrogens is 238 g/mol. The van der Waals surface area contributed by atoms with Gasteiger partial charge in [0.25, 0.3) is 0 Å². The molecule has 0 saturated heterocycles. The number of aliphatic carboxylic acids is 2. The predicted molar refractivity (Wildman–Crippen MR) is 65.2 cm³/mol. The van der Waals surface area contributed by atoms with Crippen molar-refractivity contribution < 1.29 is 24.6 Å². The fraction of sp³-hybridized carbons (Fsp3) is 0.750. The molecule has 0 spiro atoms. The van der Waals surface area contributed by atoms with Crippen molar-refractivity contribution in [3.8, 4) is 0 Å². The van der Waals surface area contributed by atoms with Gasteiger partial charge < -0.3 is 15.1 Å². The van der Waals surface area contributed by atoms with E-state index in [-0.39, 0.29) is 25.3 Å². The van der Waals surface area contributed by atoms with E-state index in [1.54, 1.807) is 6.92 Å². The van der Waals surface area contributed by atoms with Gasteiger partial charge in [-0.3, -0.25) is 9.59 Å². The highest BCUT2D eigenvalue weighted by molar-refractivity contribution is 5.83. The van der Waals surface area contributed by atoms with Crippen LogP contribution < -0.4 is 0 Å². The number of rotatable bonds is 9. The fourth-order valence-corrected chi connectivity index (χ4v) is 1.68.